The second-order valence-corrected chi connectivity index (χ2v) is 5.47. The molecule has 0 heterocycles. The fraction of sp³-hybridized carbons (Fsp3) is 0.500. The monoisotopic (exact) mass is 293 g/mol. The first-order valence-electron chi connectivity index (χ1n) is 6.71. The number of benzene rings is 1. The van der Waals surface area contributed by atoms with Crippen LogP contribution in [0.15, 0.2) is 40.6 Å². The van der Waals surface area contributed by atoms with Crippen molar-refractivity contribution in [2.75, 3.05) is 6.54 Å². The first-order chi connectivity index (χ1) is 9.49. The van der Waals surface area contributed by atoms with E-state index in [-0.39, 0.29) is 11.6 Å². The minimum absolute atomic E-state index is 0.0734. The van der Waals surface area contributed by atoms with Crippen LogP contribution in [0.1, 0.15) is 32.8 Å². The minimum Gasteiger partial charge on any atom is -0.359 e. The molecule has 0 spiro atoms. The molecule has 1 atom stereocenters. The van der Waals surface area contributed by atoms with Crippen molar-refractivity contribution in [2.24, 2.45) is 16.1 Å². The van der Waals surface area contributed by atoms with Gasteiger partial charge in [-0.3, -0.25) is 0 Å². The van der Waals surface area contributed by atoms with Crippen LogP contribution >= 0.6 is 12.2 Å². The second kappa shape index (κ2) is 7.91. The van der Waals surface area contributed by atoms with Crippen molar-refractivity contribution < 1.29 is 0 Å². The predicted octanol–water partition coefficient (Wildman–Crippen LogP) is 2.49. The van der Waals surface area contributed by atoms with Crippen LogP contribution in [0.3, 0.4) is 0 Å². The van der Waals surface area contributed by atoms with Crippen molar-refractivity contribution in [2.45, 2.75) is 38.8 Å². The molecule has 1 rings (SSSR count). The summed E-state index contributed by atoms with van der Waals surface area (Å²) in [5.74, 6) is 5.21. The molecule has 0 fully saturated rings. The van der Waals surface area contributed by atoms with Gasteiger partial charge in [-0.1, -0.05) is 37.3 Å². The average molecular weight is 293 g/mol. The summed E-state index contributed by atoms with van der Waals surface area (Å²) in [6.07, 6.45) is 0.883. The number of azo groups is 1. The zero-order valence-corrected chi connectivity index (χ0v) is 13.1. The van der Waals surface area contributed by atoms with Crippen molar-refractivity contribution in [3.05, 3.63) is 35.9 Å². The lowest BCUT2D eigenvalue weighted by atomic mass is 9.96. The van der Waals surface area contributed by atoms with Gasteiger partial charge in [0.25, 0.3) is 0 Å². The molecule has 1 aromatic rings. The van der Waals surface area contributed by atoms with Gasteiger partial charge in [0.05, 0.1) is 6.04 Å². The number of hydrogen-bond donors (Lipinski definition) is 3. The van der Waals surface area contributed by atoms with Gasteiger partial charge in [-0.15, -0.1) is 0 Å². The van der Waals surface area contributed by atoms with Crippen LogP contribution in [-0.2, 0) is 5.54 Å². The summed E-state index contributed by atoms with van der Waals surface area (Å²) in [4.78, 5) is 0. The summed E-state index contributed by atoms with van der Waals surface area (Å²) in [6.45, 7) is 6.80. The summed E-state index contributed by atoms with van der Waals surface area (Å²) in [7, 11) is 0. The van der Waals surface area contributed by atoms with Gasteiger partial charge >= 0.3 is 0 Å². The normalized spacial score (nSPS) is 13.2. The third kappa shape index (κ3) is 5.22. The number of nitrogens with zero attached hydrogens (tertiary/aromatic N) is 2. The number of hydrazine groups is 1. The molecular weight excluding hydrogens is 270 g/mol. The quantitative estimate of drug-likeness (QED) is 0.326. The van der Waals surface area contributed by atoms with Crippen LogP contribution < -0.4 is 16.6 Å². The summed E-state index contributed by atoms with van der Waals surface area (Å²) in [6, 6.07) is 10.2. The maximum atomic E-state index is 5.21. The highest BCUT2D eigenvalue weighted by atomic mass is 32.1. The van der Waals surface area contributed by atoms with E-state index in [0.29, 0.717) is 11.7 Å². The molecule has 20 heavy (non-hydrogen) atoms. The van der Waals surface area contributed by atoms with Gasteiger partial charge in [-0.25, -0.2) is 5.84 Å². The van der Waals surface area contributed by atoms with Gasteiger partial charge in [0.1, 0.15) is 5.54 Å². The minimum atomic E-state index is -0.332. The van der Waals surface area contributed by atoms with Crippen molar-refractivity contribution in [1.29, 1.82) is 0 Å². The van der Waals surface area contributed by atoms with E-state index in [9.17, 15) is 0 Å². The highest BCUT2D eigenvalue weighted by Crippen LogP contribution is 2.25. The Kier molecular flexibility index (Phi) is 6.54. The van der Waals surface area contributed by atoms with E-state index in [1.807, 2.05) is 18.2 Å². The fourth-order valence-electron chi connectivity index (χ4n) is 1.66. The topological polar surface area (TPSA) is 74.8 Å². The van der Waals surface area contributed by atoms with Crippen LogP contribution in [-0.4, -0.2) is 17.7 Å². The standard InChI is InChI=1S/C14H23N5S/c1-4-12(10-16-13(20)17-15)18-19-14(2,3)11-8-6-5-7-9-11/h5-9,12H,4,10,15H2,1-3H3,(H2,16,17,20)/b19-18+. The molecule has 0 amide bonds. The SMILES string of the molecule is CCC(CNC(=S)NN)/N=N/C(C)(C)c1ccccc1. The summed E-state index contributed by atoms with van der Waals surface area (Å²) in [5.41, 5.74) is 3.20. The molecule has 0 bridgehead atoms. The molecule has 0 aromatic heterocycles. The average Bonchev–Trinajstić information content (AvgIpc) is 2.48. The third-order valence-corrected chi connectivity index (χ3v) is 3.31. The van der Waals surface area contributed by atoms with E-state index in [2.05, 4.69) is 53.9 Å². The van der Waals surface area contributed by atoms with E-state index in [0.717, 1.165) is 12.0 Å². The van der Waals surface area contributed by atoms with Crippen LogP contribution in [0, 0.1) is 0 Å². The molecule has 0 aliphatic heterocycles. The third-order valence-electron chi connectivity index (χ3n) is 3.05. The first-order valence-corrected chi connectivity index (χ1v) is 7.12. The van der Waals surface area contributed by atoms with E-state index in [1.165, 1.54) is 0 Å². The van der Waals surface area contributed by atoms with Gasteiger partial charge in [0, 0.05) is 6.54 Å². The van der Waals surface area contributed by atoms with Gasteiger partial charge in [-0.2, -0.15) is 10.2 Å². The van der Waals surface area contributed by atoms with Crippen LogP contribution in [0.2, 0.25) is 0 Å². The highest BCUT2D eigenvalue weighted by Gasteiger charge is 2.19. The van der Waals surface area contributed by atoms with E-state index in [1.54, 1.807) is 0 Å². The molecule has 5 nitrogen and oxygen atoms in total. The number of rotatable bonds is 6. The summed E-state index contributed by atoms with van der Waals surface area (Å²) in [5, 5.41) is 12.3. The van der Waals surface area contributed by atoms with Crippen LogP contribution in [0.5, 0.6) is 0 Å². The Balaban J connectivity index is 2.66. The lowest BCUT2D eigenvalue weighted by Gasteiger charge is -2.20. The zero-order chi connectivity index (χ0) is 15.0. The molecule has 0 aliphatic carbocycles. The Morgan fingerprint density at radius 3 is 2.55 bits per heavy atom. The molecule has 0 saturated carbocycles. The number of hydrogen-bond acceptors (Lipinski definition) is 4. The van der Waals surface area contributed by atoms with Crippen molar-refractivity contribution in [1.82, 2.24) is 10.7 Å². The molecule has 0 saturated heterocycles. The summed E-state index contributed by atoms with van der Waals surface area (Å²) < 4.78 is 0. The number of thiocarbonyl (C=S) groups is 1. The molecule has 0 radical (unpaired) electrons. The molecular formula is C14H23N5S. The fourth-order valence-corrected chi connectivity index (χ4v) is 1.74. The van der Waals surface area contributed by atoms with Crippen molar-refractivity contribution in [3.8, 4) is 0 Å². The number of nitrogens with two attached hydrogens (primary N) is 1. The van der Waals surface area contributed by atoms with Crippen molar-refractivity contribution in [3.63, 3.8) is 0 Å². The van der Waals surface area contributed by atoms with Gasteiger partial charge in [-0.05, 0) is 38.0 Å². The van der Waals surface area contributed by atoms with Gasteiger partial charge < -0.3 is 10.7 Å². The van der Waals surface area contributed by atoms with E-state index in [4.69, 9.17) is 18.1 Å². The van der Waals surface area contributed by atoms with Gasteiger partial charge in [0.15, 0.2) is 5.11 Å². The Labute approximate surface area is 126 Å². The zero-order valence-electron chi connectivity index (χ0n) is 12.3. The predicted molar refractivity (Wildman–Crippen MR) is 86.3 cm³/mol. The molecule has 4 N–H and O–H groups in total. The first kappa shape index (κ1) is 16.5. The molecule has 6 heteroatoms. The molecule has 1 aromatic carbocycles. The maximum Gasteiger partial charge on any atom is 0.180 e. The maximum absolute atomic E-state index is 5.21. The van der Waals surface area contributed by atoms with E-state index < -0.39 is 0 Å². The Bertz CT molecular complexity index is 444. The lowest BCUT2D eigenvalue weighted by molar-refractivity contribution is 0.479. The Hall–Kier alpha value is -1.53. The van der Waals surface area contributed by atoms with E-state index >= 15 is 0 Å². The van der Waals surface area contributed by atoms with Crippen LogP contribution in [0.4, 0.5) is 0 Å². The highest BCUT2D eigenvalue weighted by molar-refractivity contribution is 7.80. The Morgan fingerprint density at radius 1 is 1.35 bits per heavy atom. The van der Waals surface area contributed by atoms with Crippen molar-refractivity contribution >= 4 is 17.3 Å². The smallest absolute Gasteiger partial charge is 0.180 e. The lowest BCUT2D eigenvalue weighted by Crippen LogP contribution is -2.42. The van der Waals surface area contributed by atoms with Gasteiger partial charge in [0.2, 0.25) is 0 Å². The largest absolute Gasteiger partial charge is 0.359 e. The molecule has 0 aliphatic rings. The second-order valence-electron chi connectivity index (χ2n) is 5.06. The number of nitrogens with one attached hydrogen (secondary N) is 2. The molecule has 1 unspecified atom stereocenters. The molecule has 110 valence electrons. The summed E-state index contributed by atoms with van der Waals surface area (Å²) >= 11 is 4.94. The Morgan fingerprint density at radius 2 is 2.00 bits per heavy atom. The van der Waals surface area contributed by atoms with Crippen LogP contribution in [0.25, 0.3) is 0 Å².